The van der Waals surface area contributed by atoms with Crippen LogP contribution in [-0.4, -0.2) is 37.7 Å². The molecule has 0 aromatic heterocycles. The Hall–Kier alpha value is -0.590. The van der Waals surface area contributed by atoms with Crippen molar-refractivity contribution in [2.75, 3.05) is 26.7 Å². The summed E-state index contributed by atoms with van der Waals surface area (Å²) in [6.07, 6.45) is 1.70. The van der Waals surface area contributed by atoms with Gasteiger partial charge in [-0.25, -0.2) is 0 Å². The van der Waals surface area contributed by atoms with E-state index in [0.717, 1.165) is 26.1 Å². The van der Waals surface area contributed by atoms with Crippen molar-refractivity contribution in [2.24, 2.45) is 0 Å². The first-order valence-electron chi connectivity index (χ1n) is 4.00. The van der Waals surface area contributed by atoms with E-state index in [-0.39, 0.29) is 6.10 Å². The van der Waals surface area contributed by atoms with Gasteiger partial charge in [0.05, 0.1) is 25.2 Å². The fraction of sp³-hybridized carbons (Fsp3) is 0.875. The predicted octanol–water partition coefficient (Wildman–Crippen LogP) is 0.621. The third-order valence-electron chi connectivity index (χ3n) is 1.98. The molecule has 1 aliphatic heterocycles. The normalized spacial score (nSPS) is 27.5. The monoisotopic (exact) mass is 154 g/mol. The Morgan fingerprint density at radius 3 is 3.18 bits per heavy atom. The van der Waals surface area contributed by atoms with Crippen LogP contribution in [0.25, 0.3) is 0 Å². The summed E-state index contributed by atoms with van der Waals surface area (Å²) in [5, 5.41) is 8.43. The van der Waals surface area contributed by atoms with E-state index in [1.165, 1.54) is 0 Å². The molecule has 62 valence electrons. The van der Waals surface area contributed by atoms with Crippen molar-refractivity contribution in [1.29, 1.82) is 5.26 Å². The molecule has 1 heterocycles. The van der Waals surface area contributed by atoms with Crippen molar-refractivity contribution in [1.82, 2.24) is 4.90 Å². The van der Waals surface area contributed by atoms with Gasteiger partial charge in [0.2, 0.25) is 0 Å². The Bertz CT molecular complexity index is 153. The Labute approximate surface area is 67.6 Å². The minimum absolute atomic E-state index is 0.171. The fourth-order valence-electron chi connectivity index (χ4n) is 1.20. The summed E-state index contributed by atoms with van der Waals surface area (Å²) in [6.45, 7) is 2.80. The van der Waals surface area contributed by atoms with Crippen molar-refractivity contribution in [3.8, 4) is 6.07 Å². The van der Waals surface area contributed by atoms with Crippen LogP contribution in [0, 0.1) is 11.3 Å². The van der Waals surface area contributed by atoms with Crippen molar-refractivity contribution >= 4 is 0 Å². The zero-order chi connectivity index (χ0) is 8.10. The van der Waals surface area contributed by atoms with E-state index in [2.05, 4.69) is 18.0 Å². The number of likely N-dealkylation sites (N-methyl/N-ethyl adjacent to an activating group) is 1. The van der Waals surface area contributed by atoms with Gasteiger partial charge in [0, 0.05) is 13.1 Å². The average molecular weight is 154 g/mol. The van der Waals surface area contributed by atoms with Crippen LogP contribution >= 0.6 is 0 Å². The minimum atomic E-state index is 0.171. The molecule has 0 saturated carbocycles. The summed E-state index contributed by atoms with van der Waals surface area (Å²) in [4.78, 5) is 2.23. The molecule has 1 fully saturated rings. The van der Waals surface area contributed by atoms with Crippen LogP contribution in [0.2, 0.25) is 0 Å². The molecule has 0 aromatic carbocycles. The molecule has 1 atom stereocenters. The number of rotatable bonds is 1. The predicted molar refractivity (Wildman–Crippen MR) is 42.1 cm³/mol. The van der Waals surface area contributed by atoms with Gasteiger partial charge >= 0.3 is 0 Å². The highest BCUT2D eigenvalue weighted by molar-refractivity contribution is 4.78. The van der Waals surface area contributed by atoms with Gasteiger partial charge in [-0.1, -0.05) is 0 Å². The molecule has 1 rings (SSSR count). The molecule has 3 nitrogen and oxygen atoms in total. The Balaban J connectivity index is 2.29. The zero-order valence-electron chi connectivity index (χ0n) is 6.92. The number of hydrogen-bond acceptors (Lipinski definition) is 3. The summed E-state index contributed by atoms with van der Waals surface area (Å²) >= 11 is 0. The van der Waals surface area contributed by atoms with Crippen LogP contribution in [0.15, 0.2) is 0 Å². The molecule has 0 amide bonds. The van der Waals surface area contributed by atoms with E-state index in [1.807, 2.05) is 0 Å². The van der Waals surface area contributed by atoms with Crippen LogP contribution < -0.4 is 0 Å². The highest BCUT2D eigenvalue weighted by Gasteiger charge is 2.13. The standard InChI is InChI=1S/C8H14N2O/c1-10-5-3-8(2-4-9)11-7-6-10/h8H,2-3,5-7H2,1H3. The summed E-state index contributed by atoms with van der Waals surface area (Å²) < 4.78 is 5.45. The van der Waals surface area contributed by atoms with Crippen LogP contribution in [0.1, 0.15) is 12.8 Å². The van der Waals surface area contributed by atoms with Gasteiger partial charge in [-0.15, -0.1) is 0 Å². The lowest BCUT2D eigenvalue weighted by Crippen LogP contribution is -2.20. The summed E-state index contributed by atoms with van der Waals surface area (Å²) in [6, 6.07) is 2.14. The van der Waals surface area contributed by atoms with Gasteiger partial charge in [-0.2, -0.15) is 5.26 Å². The molecule has 0 radical (unpaired) electrons. The SMILES string of the molecule is CN1CCOC(CC#N)CC1. The Morgan fingerprint density at radius 2 is 2.45 bits per heavy atom. The zero-order valence-corrected chi connectivity index (χ0v) is 6.92. The highest BCUT2D eigenvalue weighted by atomic mass is 16.5. The maximum absolute atomic E-state index is 8.43. The van der Waals surface area contributed by atoms with E-state index < -0.39 is 0 Å². The van der Waals surface area contributed by atoms with Gasteiger partial charge < -0.3 is 9.64 Å². The highest BCUT2D eigenvalue weighted by Crippen LogP contribution is 2.07. The molecule has 1 unspecified atom stereocenters. The molecule has 0 spiro atoms. The first-order chi connectivity index (χ1) is 5.33. The average Bonchev–Trinajstić information content (AvgIpc) is 2.17. The molecule has 0 bridgehead atoms. The summed E-state index contributed by atoms with van der Waals surface area (Å²) in [5.74, 6) is 0. The van der Waals surface area contributed by atoms with Crippen LogP contribution in [-0.2, 0) is 4.74 Å². The van der Waals surface area contributed by atoms with E-state index in [1.54, 1.807) is 0 Å². The van der Waals surface area contributed by atoms with Gasteiger partial charge in [-0.3, -0.25) is 0 Å². The third kappa shape index (κ3) is 2.87. The second kappa shape index (κ2) is 4.32. The van der Waals surface area contributed by atoms with Crippen molar-refractivity contribution < 1.29 is 4.74 Å². The lowest BCUT2D eigenvalue weighted by atomic mass is 10.2. The molecule has 11 heavy (non-hydrogen) atoms. The molecule has 0 aliphatic carbocycles. The summed E-state index contributed by atoms with van der Waals surface area (Å²) in [5.41, 5.74) is 0. The maximum atomic E-state index is 8.43. The van der Waals surface area contributed by atoms with Gasteiger partial charge in [0.25, 0.3) is 0 Å². The number of hydrogen-bond donors (Lipinski definition) is 0. The summed E-state index contributed by atoms with van der Waals surface area (Å²) in [7, 11) is 2.08. The van der Waals surface area contributed by atoms with Gasteiger partial charge in [-0.05, 0) is 13.5 Å². The smallest absolute Gasteiger partial charge is 0.0717 e. The minimum Gasteiger partial charge on any atom is -0.376 e. The molecule has 3 heteroatoms. The first kappa shape index (κ1) is 8.51. The lowest BCUT2D eigenvalue weighted by molar-refractivity contribution is 0.0662. The molecule has 1 saturated heterocycles. The number of ether oxygens (including phenoxy) is 1. The van der Waals surface area contributed by atoms with E-state index in [0.29, 0.717) is 6.42 Å². The second-order valence-electron chi connectivity index (χ2n) is 2.95. The van der Waals surface area contributed by atoms with E-state index >= 15 is 0 Å². The Kier molecular flexibility index (Phi) is 3.34. The quantitative estimate of drug-likeness (QED) is 0.555. The molecular weight excluding hydrogens is 140 g/mol. The number of nitriles is 1. The molecule has 0 aromatic rings. The van der Waals surface area contributed by atoms with Gasteiger partial charge in [0.15, 0.2) is 0 Å². The van der Waals surface area contributed by atoms with E-state index in [4.69, 9.17) is 10.00 Å². The van der Waals surface area contributed by atoms with Crippen LogP contribution in [0.5, 0.6) is 0 Å². The largest absolute Gasteiger partial charge is 0.376 e. The Morgan fingerprint density at radius 1 is 1.64 bits per heavy atom. The fourth-order valence-corrected chi connectivity index (χ4v) is 1.20. The number of nitrogens with zero attached hydrogens (tertiary/aromatic N) is 2. The molecule has 0 N–H and O–H groups in total. The lowest BCUT2D eigenvalue weighted by Gasteiger charge is -2.10. The topological polar surface area (TPSA) is 36.3 Å². The molecular formula is C8H14N2O. The first-order valence-corrected chi connectivity index (χ1v) is 4.00. The van der Waals surface area contributed by atoms with Crippen molar-refractivity contribution in [2.45, 2.75) is 18.9 Å². The second-order valence-corrected chi connectivity index (χ2v) is 2.95. The molecule has 1 aliphatic rings. The van der Waals surface area contributed by atoms with E-state index in [9.17, 15) is 0 Å². The van der Waals surface area contributed by atoms with Crippen molar-refractivity contribution in [3.05, 3.63) is 0 Å². The third-order valence-corrected chi connectivity index (χ3v) is 1.98. The van der Waals surface area contributed by atoms with Crippen LogP contribution in [0.3, 0.4) is 0 Å². The van der Waals surface area contributed by atoms with Crippen LogP contribution in [0.4, 0.5) is 0 Å². The van der Waals surface area contributed by atoms with Crippen molar-refractivity contribution in [3.63, 3.8) is 0 Å². The maximum Gasteiger partial charge on any atom is 0.0717 e. The van der Waals surface area contributed by atoms with Gasteiger partial charge in [0.1, 0.15) is 0 Å².